The fourth-order valence-electron chi connectivity index (χ4n) is 2.68. The van der Waals surface area contributed by atoms with Crippen LogP contribution in [0.5, 0.6) is 0 Å². The van der Waals surface area contributed by atoms with E-state index >= 15 is 0 Å². The van der Waals surface area contributed by atoms with E-state index in [1.165, 1.54) is 6.20 Å². The van der Waals surface area contributed by atoms with E-state index in [1.807, 2.05) is 27.7 Å². The molecule has 1 aliphatic heterocycles. The minimum Gasteiger partial charge on any atom is -0.444 e. The van der Waals surface area contributed by atoms with Gasteiger partial charge in [0.2, 0.25) is 0 Å². The van der Waals surface area contributed by atoms with Crippen molar-refractivity contribution in [2.24, 2.45) is 5.92 Å². The van der Waals surface area contributed by atoms with Crippen LogP contribution in [0.1, 0.15) is 51.0 Å². The van der Waals surface area contributed by atoms with Crippen LogP contribution in [0.4, 0.5) is 4.79 Å². The Hall–Kier alpha value is -2.12. The van der Waals surface area contributed by atoms with Crippen LogP contribution >= 0.6 is 0 Å². The van der Waals surface area contributed by atoms with Crippen molar-refractivity contribution in [3.8, 4) is 0 Å². The molecule has 0 saturated carbocycles. The van der Waals surface area contributed by atoms with Gasteiger partial charge in [0.05, 0.1) is 6.20 Å². The average molecular weight is 323 g/mol. The van der Waals surface area contributed by atoms with Gasteiger partial charge in [0, 0.05) is 19.1 Å². The molecule has 8 heteroatoms. The lowest BCUT2D eigenvalue weighted by molar-refractivity contribution is 0.0460. The Kier molecular flexibility index (Phi) is 5.23. The molecule has 2 N–H and O–H groups in total. The van der Waals surface area contributed by atoms with Crippen LogP contribution in [0, 0.1) is 5.92 Å². The summed E-state index contributed by atoms with van der Waals surface area (Å²) >= 11 is 0. The lowest BCUT2D eigenvalue weighted by Crippen LogP contribution is -2.46. The summed E-state index contributed by atoms with van der Waals surface area (Å²) in [6, 6.07) is 0.00847. The minimum absolute atomic E-state index is 0.00847. The molecule has 1 aromatic heterocycles. The smallest absolute Gasteiger partial charge is 0.407 e. The zero-order valence-corrected chi connectivity index (χ0v) is 14.1. The molecule has 1 aromatic rings. The molecule has 1 atom stereocenters. The number of hydrogen-bond donors (Lipinski definition) is 2. The van der Waals surface area contributed by atoms with Gasteiger partial charge >= 0.3 is 6.09 Å². The molecule has 128 valence electrons. The highest BCUT2D eigenvalue weighted by molar-refractivity contribution is 5.91. The van der Waals surface area contributed by atoms with Crippen LogP contribution in [0.2, 0.25) is 0 Å². The zero-order valence-electron chi connectivity index (χ0n) is 14.1. The van der Waals surface area contributed by atoms with E-state index in [0.717, 1.165) is 12.8 Å². The Balaban J connectivity index is 1.79. The maximum absolute atomic E-state index is 12.2. The van der Waals surface area contributed by atoms with Crippen molar-refractivity contribution in [3.63, 3.8) is 0 Å². The number of likely N-dealkylation sites (tertiary alicyclic amines) is 1. The average Bonchev–Trinajstić information content (AvgIpc) is 2.98. The van der Waals surface area contributed by atoms with Gasteiger partial charge in [0.1, 0.15) is 5.60 Å². The molecule has 23 heavy (non-hydrogen) atoms. The SMILES string of the molecule is C[C@H](NC(=O)OC(C)(C)C)C1CCN(C(=O)c2cn[nH]n2)CC1. The summed E-state index contributed by atoms with van der Waals surface area (Å²) in [5.74, 6) is 0.217. The van der Waals surface area contributed by atoms with Gasteiger partial charge in [-0.25, -0.2) is 4.79 Å². The molecule has 1 fully saturated rings. The van der Waals surface area contributed by atoms with E-state index in [1.54, 1.807) is 4.90 Å². The van der Waals surface area contributed by atoms with Crippen molar-refractivity contribution >= 4 is 12.0 Å². The fraction of sp³-hybridized carbons (Fsp3) is 0.733. The highest BCUT2D eigenvalue weighted by Crippen LogP contribution is 2.22. The Morgan fingerprint density at radius 1 is 1.39 bits per heavy atom. The van der Waals surface area contributed by atoms with E-state index < -0.39 is 11.7 Å². The summed E-state index contributed by atoms with van der Waals surface area (Å²) < 4.78 is 5.27. The quantitative estimate of drug-likeness (QED) is 0.879. The summed E-state index contributed by atoms with van der Waals surface area (Å²) in [4.78, 5) is 25.8. The van der Waals surface area contributed by atoms with Crippen molar-refractivity contribution < 1.29 is 14.3 Å². The number of H-pyrrole nitrogens is 1. The van der Waals surface area contributed by atoms with Gasteiger partial charge in [-0.3, -0.25) is 4.79 Å². The number of amides is 2. The predicted octanol–water partition coefficient (Wildman–Crippen LogP) is 1.57. The van der Waals surface area contributed by atoms with Gasteiger partial charge in [0.15, 0.2) is 5.69 Å². The van der Waals surface area contributed by atoms with Crippen molar-refractivity contribution in [2.45, 2.75) is 52.2 Å². The topological polar surface area (TPSA) is 100 Å². The first-order valence-corrected chi connectivity index (χ1v) is 7.91. The standard InChI is InChI=1S/C15H25N5O3/c1-10(17-14(22)23-15(2,3)4)11-5-7-20(8-6-11)13(21)12-9-16-19-18-12/h9-11H,5-8H2,1-4H3,(H,17,22)(H,16,18,19)/t10-/m0/s1. The van der Waals surface area contributed by atoms with E-state index in [9.17, 15) is 9.59 Å². The number of aromatic nitrogens is 3. The van der Waals surface area contributed by atoms with Crippen molar-refractivity contribution in [1.82, 2.24) is 25.6 Å². The second-order valence-electron chi connectivity index (χ2n) is 6.92. The molecule has 0 unspecified atom stereocenters. The van der Waals surface area contributed by atoms with E-state index in [4.69, 9.17) is 4.74 Å². The summed E-state index contributed by atoms with van der Waals surface area (Å²) in [5.41, 5.74) is -0.166. The van der Waals surface area contributed by atoms with Crippen LogP contribution in [0.15, 0.2) is 6.20 Å². The van der Waals surface area contributed by atoms with Crippen LogP contribution in [0.3, 0.4) is 0 Å². The molecule has 1 aliphatic rings. The molecule has 0 bridgehead atoms. The Labute approximate surface area is 136 Å². The monoisotopic (exact) mass is 323 g/mol. The molecule has 0 spiro atoms. The summed E-state index contributed by atoms with van der Waals surface area (Å²) in [7, 11) is 0. The number of rotatable bonds is 3. The Morgan fingerprint density at radius 3 is 2.57 bits per heavy atom. The minimum atomic E-state index is -0.503. The zero-order chi connectivity index (χ0) is 17.0. The van der Waals surface area contributed by atoms with Crippen molar-refractivity contribution in [1.29, 1.82) is 0 Å². The molecule has 8 nitrogen and oxygen atoms in total. The Morgan fingerprint density at radius 2 is 2.04 bits per heavy atom. The van der Waals surface area contributed by atoms with Crippen molar-refractivity contribution in [3.05, 3.63) is 11.9 Å². The van der Waals surface area contributed by atoms with Gasteiger partial charge in [0.25, 0.3) is 5.91 Å². The molecular formula is C15H25N5O3. The Bertz CT molecular complexity index is 530. The highest BCUT2D eigenvalue weighted by atomic mass is 16.6. The van der Waals surface area contributed by atoms with Gasteiger partial charge in [-0.1, -0.05) is 0 Å². The van der Waals surface area contributed by atoms with Gasteiger partial charge in [-0.05, 0) is 46.5 Å². The molecule has 2 amide bonds. The lowest BCUT2D eigenvalue weighted by Gasteiger charge is -2.35. The lowest BCUT2D eigenvalue weighted by atomic mass is 9.90. The van der Waals surface area contributed by atoms with Crippen LogP contribution in [-0.2, 0) is 4.74 Å². The van der Waals surface area contributed by atoms with E-state index in [2.05, 4.69) is 20.7 Å². The predicted molar refractivity (Wildman–Crippen MR) is 83.8 cm³/mol. The van der Waals surface area contributed by atoms with Crippen molar-refractivity contribution in [2.75, 3.05) is 13.1 Å². The number of aromatic amines is 1. The molecule has 0 aromatic carbocycles. The van der Waals surface area contributed by atoms with Gasteiger partial charge < -0.3 is 15.0 Å². The molecule has 2 rings (SSSR count). The summed E-state index contributed by atoms with van der Waals surface area (Å²) in [6.45, 7) is 8.79. The maximum atomic E-state index is 12.2. The molecule has 0 radical (unpaired) electrons. The fourth-order valence-corrected chi connectivity index (χ4v) is 2.68. The number of hydrogen-bond acceptors (Lipinski definition) is 5. The largest absolute Gasteiger partial charge is 0.444 e. The highest BCUT2D eigenvalue weighted by Gasteiger charge is 2.29. The number of nitrogens with one attached hydrogen (secondary N) is 2. The number of ether oxygens (including phenoxy) is 1. The first-order chi connectivity index (χ1) is 10.8. The number of alkyl carbamates (subject to hydrolysis) is 1. The number of piperidine rings is 1. The second-order valence-corrected chi connectivity index (χ2v) is 6.92. The summed E-state index contributed by atoms with van der Waals surface area (Å²) in [5, 5.41) is 12.8. The molecule has 2 heterocycles. The normalized spacial score (nSPS) is 17.7. The first-order valence-electron chi connectivity index (χ1n) is 7.91. The maximum Gasteiger partial charge on any atom is 0.407 e. The van der Waals surface area contributed by atoms with E-state index in [-0.39, 0.29) is 11.9 Å². The third-order valence-corrected chi connectivity index (χ3v) is 3.91. The third kappa shape index (κ3) is 4.94. The van der Waals surface area contributed by atoms with Crippen LogP contribution < -0.4 is 5.32 Å². The third-order valence-electron chi connectivity index (χ3n) is 3.91. The molecule has 0 aliphatic carbocycles. The van der Waals surface area contributed by atoms with E-state index in [0.29, 0.717) is 24.7 Å². The van der Waals surface area contributed by atoms with Crippen LogP contribution in [-0.4, -0.2) is 57.0 Å². The van der Waals surface area contributed by atoms with Crippen LogP contribution in [0.25, 0.3) is 0 Å². The number of carbonyl (C=O) groups excluding carboxylic acids is 2. The number of nitrogens with zero attached hydrogens (tertiary/aromatic N) is 3. The van der Waals surface area contributed by atoms with Gasteiger partial charge in [-0.15, -0.1) is 0 Å². The summed E-state index contributed by atoms with van der Waals surface area (Å²) in [6.07, 6.45) is 2.70. The van der Waals surface area contributed by atoms with Gasteiger partial charge in [-0.2, -0.15) is 15.4 Å². The molecular weight excluding hydrogens is 298 g/mol. The molecule has 1 saturated heterocycles. The number of carbonyl (C=O) groups is 2. The second kappa shape index (κ2) is 6.97. The first kappa shape index (κ1) is 17.2.